The Morgan fingerprint density at radius 1 is 1.00 bits per heavy atom. The summed E-state index contributed by atoms with van der Waals surface area (Å²) in [6.45, 7) is 13.6. The van der Waals surface area contributed by atoms with E-state index in [0.717, 1.165) is 4.83 Å². The van der Waals surface area contributed by atoms with Gasteiger partial charge in [-0.1, -0.05) is 41.5 Å². The second-order valence-electron chi connectivity index (χ2n) is 6.55. The van der Waals surface area contributed by atoms with Gasteiger partial charge in [0.15, 0.2) is 0 Å². The van der Waals surface area contributed by atoms with Crippen molar-refractivity contribution in [3.63, 3.8) is 0 Å². The number of hydrogen-bond acceptors (Lipinski definition) is 3. The summed E-state index contributed by atoms with van der Waals surface area (Å²) in [4.78, 5) is 11.1. The Kier molecular flexibility index (Phi) is 2.77. The van der Waals surface area contributed by atoms with Crippen molar-refractivity contribution in [3.8, 4) is 0 Å². The van der Waals surface area contributed by atoms with Crippen LogP contribution in [0.4, 0.5) is 0 Å². The molecule has 0 bridgehead atoms. The van der Waals surface area contributed by atoms with E-state index in [0.29, 0.717) is 0 Å². The first-order chi connectivity index (χ1) is 7.71. The number of hydrogen-bond donors (Lipinski definition) is 0. The molecule has 0 aliphatic carbocycles. The average molecular weight is 248 g/mol. The zero-order valence-electron chi connectivity index (χ0n) is 11.5. The van der Waals surface area contributed by atoms with Crippen LogP contribution in [0.25, 0.3) is 10.2 Å². The SMILES string of the molecule is CC(C)(C)c1sc2ncncc2c1C(C)(C)C. The monoisotopic (exact) mass is 248 g/mol. The predicted molar refractivity (Wildman–Crippen MR) is 74.8 cm³/mol. The average Bonchev–Trinajstić information content (AvgIpc) is 2.54. The van der Waals surface area contributed by atoms with Crippen molar-refractivity contribution in [2.45, 2.75) is 52.4 Å². The highest BCUT2D eigenvalue weighted by molar-refractivity contribution is 7.19. The molecule has 0 aliphatic heterocycles. The van der Waals surface area contributed by atoms with Gasteiger partial charge in [0.05, 0.1) is 0 Å². The van der Waals surface area contributed by atoms with Crippen molar-refractivity contribution in [1.82, 2.24) is 9.97 Å². The molecule has 0 fully saturated rings. The summed E-state index contributed by atoms with van der Waals surface area (Å²) < 4.78 is 0. The van der Waals surface area contributed by atoms with Crippen LogP contribution < -0.4 is 0 Å². The van der Waals surface area contributed by atoms with Crippen molar-refractivity contribution < 1.29 is 0 Å². The van der Waals surface area contributed by atoms with Gasteiger partial charge in [0.1, 0.15) is 11.2 Å². The quantitative estimate of drug-likeness (QED) is 0.695. The highest BCUT2D eigenvalue weighted by atomic mass is 32.1. The maximum atomic E-state index is 4.40. The summed E-state index contributed by atoms with van der Waals surface area (Å²) in [5, 5.41) is 1.22. The maximum Gasteiger partial charge on any atom is 0.127 e. The molecular weight excluding hydrogens is 228 g/mol. The van der Waals surface area contributed by atoms with Gasteiger partial charge < -0.3 is 0 Å². The lowest BCUT2D eigenvalue weighted by molar-refractivity contribution is 0.545. The fourth-order valence-electron chi connectivity index (χ4n) is 2.11. The fraction of sp³-hybridized carbons (Fsp3) is 0.571. The molecule has 2 nitrogen and oxygen atoms in total. The lowest BCUT2D eigenvalue weighted by atomic mass is 9.79. The highest BCUT2D eigenvalue weighted by Gasteiger charge is 2.30. The van der Waals surface area contributed by atoms with Gasteiger partial charge in [-0.15, -0.1) is 11.3 Å². The summed E-state index contributed by atoms with van der Waals surface area (Å²) in [5.41, 5.74) is 1.70. The molecule has 0 radical (unpaired) electrons. The molecule has 2 heterocycles. The smallest absolute Gasteiger partial charge is 0.127 e. The number of rotatable bonds is 0. The minimum Gasteiger partial charge on any atom is -0.244 e. The molecule has 2 aromatic heterocycles. The van der Waals surface area contributed by atoms with E-state index in [4.69, 9.17) is 0 Å². The summed E-state index contributed by atoms with van der Waals surface area (Å²) in [5.74, 6) is 0. The maximum absolute atomic E-state index is 4.40. The highest BCUT2D eigenvalue weighted by Crippen LogP contribution is 2.43. The minimum absolute atomic E-state index is 0.131. The van der Waals surface area contributed by atoms with Crippen LogP contribution in [0.1, 0.15) is 52.0 Å². The molecule has 0 aromatic carbocycles. The molecule has 0 N–H and O–H groups in total. The third kappa shape index (κ3) is 2.21. The van der Waals surface area contributed by atoms with Crippen LogP contribution in [-0.2, 0) is 10.8 Å². The third-order valence-electron chi connectivity index (χ3n) is 2.80. The molecule has 0 spiro atoms. The number of nitrogens with zero attached hydrogens (tertiary/aromatic N) is 2. The zero-order valence-corrected chi connectivity index (χ0v) is 12.3. The minimum atomic E-state index is 0.131. The van der Waals surface area contributed by atoms with Gasteiger partial charge in [-0.25, -0.2) is 9.97 Å². The van der Waals surface area contributed by atoms with Gasteiger partial charge >= 0.3 is 0 Å². The summed E-state index contributed by atoms with van der Waals surface area (Å²) in [6.07, 6.45) is 3.59. The van der Waals surface area contributed by atoms with Gasteiger partial charge in [0.2, 0.25) is 0 Å². The summed E-state index contributed by atoms with van der Waals surface area (Å²) in [7, 11) is 0. The number of fused-ring (bicyclic) bond motifs is 1. The van der Waals surface area contributed by atoms with Crippen LogP contribution in [0.3, 0.4) is 0 Å². The van der Waals surface area contributed by atoms with Crippen LogP contribution in [0, 0.1) is 0 Å². The second-order valence-corrected chi connectivity index (χ2v) is 7.55. The summed E-state index contributed by atoms with van der Waals surface area (Å²) >= 11 is 1.81. The van der Waals surface area contributed by atoms with Crippen molar-refractivity contribution in [3.05, 3.63) is 23.0 Å². The van der Waals surface area contributed by atoms with Gasteiger partial charge in [-0.05, 0) is 16.4 Å². The van der Waals surface area contributed by atoms with E-state index in [1.54, 1.807) is 17.7 Å². The molecule has 2 aromatic rings. The second kappa shape index (κ2) is 3.77. The Morgan fingerprint density at radius 3 is 2.18 bits per heavy atom. The molecule has 0 aliphatic rings. The third-order valence-corrected chi connectivity index (χ3v) is 4.34. The zero-order chi connectivity index (χ0) is 12.8. The number of aromatic nitrogens is 2. The first-order valence-electron chi connectivity index (χ1n) is 5.95. The topological polar surface area (TPSA) is 25.8 Å². The lowest BCUT2D eigenvalue weighted by Crippen LogP contribution is -2.19. The van der Waals surface area contributed by atoms with Crippen LogP contribution in [0.2, 0.25) is 0 Å². The molecule has 0 saturated carbocycles. The Bertz CT molecular complexity index is 541. The van der Waals surface area contributed by atoms with Crippen molar-refractivity contribution in [1.29, 1.82) is 0 Å². The Hall–Kier alpha value is -0.960. The van der Waals surface area contributed by atoms with Crippen LogP contribution in [0.15, 0.2) is 12.5 Å². The van der Waals surface area contributed by atoms with E-state index in [2.05, 4.69) is 51.5 Å². The van der Waals surface area contributed by atoms with E-state index in [-0.39, 0.29) is 10.8 Å². The molecule has 17 heavy (non-hydrogen) atoms. The molecule has 3 heteroatoms. The van der Waals surface area contributed by atoms with Crippen molar-refractivity contribution in [2.24, 2.45) is 0 Å². The summed E-state index contributed by atoms with van der Waals surface area (Å²) in [6, 6.07) is 0. The molecule has 0 unspecified atom stereocenters. The fourth-order valence-corrected chi connectivity index (χ4v) is 3.50. The molecular formula is C14H20N2S. The van der Waals surface area contributed by atoms with Gasteiger partial charge in [0.25, 0.3) is 0 Å². The van der Waals surface area contributed by atoms with Crippen LogP contribution in [0.5, 0.6) is 0 Å². The van der Waals surface area contributed by atoms with E-state index >= 15 is 0 Å². The first kappa shape index (κ1) is 12.5. The van der Waals surface area contributed by atoms with Crippen molar-refractivity contribution in [2.75, 3.05) is 0 Å². The van der Waals surface area contributed by atoms with Gasteiger partial charge in [0, 0.05) is 16.5 Å². The molecule has 0 amide bonds. The Balaban J connectivity index is 2.84. The van der Waals surface area contributed by atoms with Crippen LogP contribution >= 0.6 is 11.3 Å². The van der Waals surface area contributed by atoms with E-state index in [9.17, 15) is 0 Å². The largest absolute Gasteiger partial charge is 0.244 e. The lowest BCUT2D eigenvalue weighted by Gasteiger charge is -2.26. The first-order valence-corrected chi connectivity index (χ1v) is 6.76. The normalized spacial score (nSPS) is 13.3. The van der Waals surface area contributed by atoms with Gasteiger partial charge in [-0.3, -0.25) is 0 Å². The molecule has 0 atom stereocenters. The Labute approximate surface area is 107 Å². The predicted octanol–water partition coefficient (Wildman–Crippen LogP) is 4.29. The van der Waals surface area contributed by atoms with E-state index < -0.39 is 0 Å². The standard InChI is InChI=1S/C14H20N2S/c1-13(2,3)10-9-7-15-8-16-12(9)17-11(10)14(4,5)6/h7-8H,1-6H3. The van der Waals surface area contributed by atoms with E-state index in [1.165, 1.54) is 15.8 Å². The molecule has 92 valence electrons. The van der Waals surface area contributed by atoms with Crippen molar-refractivity contribution >= 4 is 21.6 Å². The number of thiophene rings is 1. The Morgan fingerprint density at radius 2 is 1.65 bits per heavy atom. The molecule has 0 saturated heterocycles. The van der Waals surface area contributed by atoms with Crippen LogP contribution in [-0.4, -0.2) is 9.97 Å². The van der Waals surface area contributed by atoms with E-state index in [1.807, 2.05) is 6.20 Å². The van der Waals surface area contributed by atoms with Gasteiger partial charge in [-0.2, -0.15) is 0 Å². The molecule has 2 rings (SSSR count).